The molecule has 0 heterocycles. The van der Waals surface area contributed by atoms with Crippen LogP contribution < -0.4 is 50.9 Å². The molecule has 9 heteroatoms. The Morgan fingerprint density at radius 1 is 0.190 bits per heavy atom. The van der Waals surface area contributed by atoms with Crippen LogP contribution in [-0.4, -0.2) is 171 Å². The summed E-state index contributed by atoms with van der Waals surface area (Å²) >= 11 is 0. The number of likely N-dealkylation sites (N-methyl/N-ethyl adjacent to an activating group) is 6. The lowest BCUT2D eigenvalue weighted by molar-refractivity contribution is -0.977. The van der Waals surface area contributed by atoms with Crippen LogP contribution in [0.15, 0.2) is 0 Å². The van der Waals surface area contributed by atoms with E-state index in [1.54, 1.807) is 0 Å². The molecule has 0 bridgehead atoms. The zero-order valence-electron chi connectivity index (χ0n) is 61.2. The van der Waals surface area contributed by atoms with E-state index in [1.165, 1.54) is 374 Å². The smallest absolute Gasteiger partial charge is 0.128 e. The monoisotopic (exact) mass is 1390 g/mol. The van der Waals surface area contributed by atoms with E-state index in [0.29, 0.717) is 0 Å². The first-order valence-corrected chi connectivity index (χ1v) is 37.5. The zero-order valence-corrected chi connectivity index (χ0v) is 66.0. The third-order valence-corrected chi connectivity index (χ3v) is 18.3. The van der Waals surface area contributed by atoms with Crippen molar-refractivity contribution in [1.29, 1.82) is 0 Å². The molecule has 0 rings (SSSR count). The van der Waals surface area contributed by atoms with Crippen LogP contribution in [-0.2, 0) is 0 Å². The van der Waals surface area contributed by atoms with Gasteiger partial charge in [0.15, 0.2) is 0 Å². The van der Waals surface area contributed by atoms with E-state index in [9.17, 15) is 0 Å². The van der Waals surface area contributed by atoms with Gasteiger partial charge in [0.25, 0.3) is 0 Å². The third-order valence-electron chi connectivity index (χ3n) is 18.3. The zero-order chi connectivity index (χ0) is 60.7. The minimum Gasteiger partial charge on any atom is -1.00 e. The Balaban J connectivity index is -0.000000414. The fourth-order valence-corrected chi connectivity index (χ4v) is 11.6. The summed E-state index contributed by atoms with van der Waals surface area (Å²) in [4.78, 5) is 6.79. The van der Waals surface area contributed by atoms with Crippen LogP contribution in [0.5, 0.6) is 0 Å². The molecule has 0 saturated heterocycles. The lowest BCUT2D eigenvalue weighted by atomic mass is 10.0. The maximum atomic E-state index is 2.63. The van der Waals surface area contributed by atoms with Gasteiger partial charge in [0.2, 0.25) is 0 Å². The highest BCUT2D eigenvalue weighted by Crippen LogP contribution is 2.19. The molecule has 0 aliphatic rings. The molecule has 0 spiro atoms. The van der Waals surface area contributed by atoms with Crippen molar-refractivity contribution in [2.24, 2.45) is 0 Å². The molecule has 516 valence electrons. The second-order valence-electron chi connectivity index (χ2n) is 29.0. The van der Waals surface area contributed by atoms with Gasteiger partial charge in [-0.05, 0) is 73.8 Å². The molecule has 0 atom stereocenters. The average Bonchev–Trinajstić information content (AvgIpc) is 3.46. The molecule has 0 N–H and O–H groups in total. The summed E-state index contributed by atoms with van der Waals surface area (Å²) in [6.07, 6.45) is 71.0. The Morgan fingerprint density at radius 2 is 0.357 bits per heavy atom. The average molecular weight is 1390 g/mol. The maximum absolute atomic E-state index is 2.63. The molecule has 84 heavy (non-hydrogen) atoms. The van der Waals surface area contributed by atoms with Gasteiger partial charge < -0.3 is 79.1 Å². The van der Waals surface area contributed by atoms with E-state index in [0.717, 1.165) is 26.2 Å². The second-order valence-corrected chi connectivity index (χ2v) is 29.0. The number of hydrogen-bond acceptors (Lipinski definition) is 3. The summed E-state index contributed by atoms with van der Waals surface area (Å²) in [5, 5.41) is 0. The van der Waals surface area contributed by atoms with E-state index in [2.05, 4.69) is 120 Å². The predicted molar refractivity (Wildman–Crippen MR) is 374 cm³/mol. The van der Waals surface area contributed by atoms with Crippen LogP contribution in [0.3, 0.4) is 0 Å². The van der Waals surface area contributed by atoms with Gasteiger partial charge in [0, 0.05) is 26.2 Å². The Hall–Kier alpha value is 1.20. The first-order chi connectivity index (χ1) is 39.0. The Morgan fingerprint density at radius 3 is 0.536 bits per heavy atom. The number of hydrogen-bond donors (Lipinski definition) is 0. The van der Waals surface area contributed by atoms with E-state index in [1.807, 2.05) is 0 Å². The molecule has 0 aliphatic heterocycles. The van der Waals surface area contributed by atoms with Crippen molar-refractivity contribution < 1.29 is 64.4 Å². The van der Waals surface area contributed by atoms with E-state index in [4.69, 9.17) is 0 Å². The summed E-state index contributed by atoms with van der Waals surface area (Å²) in [6, 6.07) is 0. The van der Waals surface area contributed by atoms with Crippen LogP contribution >= 0.6 is 0 Å². The van der Waals surface area contributed by atoms with Gasteiger partial charge in [-0.1, -0.05) is 311 Å². The molecule has 0 saturated carbocycles. The second kappa shape index (κ2) is 74.9. The number of nitrogens with zero attached hydrogens (tertiary/aromatic N) is 6. The summed E-state index contributed by atoms with van der Waals surface area (Å²) < 4.78 is 3.71. The predicted octanol–water partition coefficient (Wildman–Crippen LogP) is 12.8. The van der Waals surface area contributed by atoms with Crippen molar-refractivity contribution in [1.82, 2.24) is 14.7 Å². The largest absolute Gasteiger partial charge is 1.00 e. The fourth-order valence-electron chi connectivity index (χ4n) is 11.6. The van der Waals surface area contributed by atoms with Gasteiger partial charge in [-0.2, -0.15) is 0 Å². The molecular formula is C75H165Br3N6. The SMILES string of the molecule is CCCCCCCCCCCCCCC.CCCCCCCCCCCCCC[N+](C)(C)CC[N+](C)(CCCCCCCCCCCCCC)CC[N+](C)(C)CCCCCCCCCCCCCC.CN(C)CCN(C)CCN(C)C.[Br-].[Br-].[Br-]. The van der Waals surface area contributed by atoms with Gasteiger partial charge in [-0.25, -0.2) is 0 Å². The Bertz CT molecular complexity index is 1090. The van der Waals surface area contributed by atoms with Gasteiger partial charge in [0.1, 0.15) is 26.2 Å². The number of halogens is 3. The molecule has 0 aliphatic carbocycles. The van der Waals surface area contributed by atoms with Crippen molar-refractivity contribution in [3.63, 3.8) is 0 Å². The Kier molecular flexibility index (Phi) is 85.9. The summed E-state index contributed by atoms with van der Waals surface area (Å²) in [5.41, 5.74) is 0. The minimum absolute atomic E-state index is 0. The highest BCUT2D eigenvalue weighted by molar-refractivity contribution is 4.57. The molecular weight excluding hydrogens is 1220 g/mol. The van der Waals surface area contributed by atoms with E-state index in [-0.39, 0.29) is 50.9 Å². The molecule has 0 aromatic carbocycles. The molecule has 0 fully saturated rings. The molecule has 0 unspecified atom stereocenters. The highest BCUT2D eigenvalue weighted by atomic mass is 79.9. The Labute approximate surface area is 566 Å². The molecule has 0 aromatic heterocycles. The number of quaternary nitrogens is 3. The van der Waals surface area contributed by atoms with Crippen LogP contribution in [0.2, 0.25) is 0 Å². The lowest BCUT2D eigenvalue weighted by Gasteiger charge is -2.40. The summed E-state index contributed by atoms with van der Waals surface area (Å²) in [5.74, 6) is 0. The van der Waals surface area contributed by atoms with Gasteiger partial charge in [0.05, 0.1) is 54.9 Å². The van der Waals surface area contributed by atoms with E-state index < -0.39 is 0 Å². The van der Waals surface area contributed by atoms with Gasteiger partial charge in [-0.15, -0.1) is 0 Å². The standard InChI is InChI=1S/C51H110N3.C15H32.C9H23N3.3BrH/c1-9-12-15-18-21-24-27-30-33-36-39-42-45-52(4,5)48-50-54(8,47-44-41-38-35-32-29-26-23-20-17-14-11-3)51-49-53(6,7)46-43-40-37-34-31-28-25-22-19-16-13-10-2;1-3-5-7-9-11-13-15-14-12-10-8-6-4-2;1-10(2)6-8-12(5)9-7-11(3)4;;;/h9-51H2,1-8H3;3-15H2,1-2H3;6-9H2,1-5H3;3*1H/q+3;;;;;/p-3. The quantitative estimate of drug-likeness (QED) is 0.0444. The van der Waals surface area contributed by atoms with Crippen LogP contribution in [0, 0.1) is 0 Å². The molecule has 6 nitrogen and oxygen atoms in total. The number of rotatable bonds is 63. The summed E-state index contributed by atoms with van der Waals surface area (Å²) in [6.45, 7) is 25.6. The normalized spacial score (nSPS) is 11.8. The number of unbranched alkanes of at least 4 members (excludes halogenated alkanes) is 45. The topological polar surface area (TPSA) is 9.72 Å². The van der Waals surface area contributed by atoms with Gasteiger partial charge >= 0.3 is 0 Å². The lowest BCUT2D eigenvalue weighted by Crippen LogP contribution is -3.00. The summed E-state index contributed by atoms with van der Waals surface area (Å²) in [7, 11) is 23.4. The van der Waals surface area contributed by atoms with Crippen LogP contribution in [0.1, 0.15) is 349 Å². The van der Waals surface area contributed by atoms with Crippen molar-refractivity contribution >= 4 is 0 Å². The fraction of sp³-hybridized carbons (Fsp3) is 1.00. The van der Waals surface area contributed by atoms with E-state index >= 15 is 0 Å². The van der Waals surface area contributed by atoms with Crippen molar-refractivity contribution in [3.05, 3.63) is 0 Å². The van der Waals surface area contributed by atoms with Crippen LogP contribution in [0.4, 0.5) is 0 Å². The molecule has 0 radical (unpaired) electrons. The highest BCUT2D eigenvalue weighted by Gasteiger charge is 2.29. The third kappa shape index (κ3) is 83.2. The molecule has 0 amide bonds. The van der Waals surface area contributed by atoms with Crippen molar-refractivity contribution in [2.75, 3.05) is 142 Å². The van der Waals surface area contributed by atoms with Gasteiger partial charge in [-0.3, -0.25) is 0 Å². The minimum atomic E-state index is 0. The maximum Gasteiger partial charge on any atom is 0.128 e. The van der Waals surface area contributed by atoms with Crippen LogP contribution in [0.25, 0.3) is 0 Å². The van der Waals surface area contributed by atoms with Crippen molar-refractivity contribution in [3.8, 4) is 0 Å². The first-order valence-electron chi connectivity index (χ1n) is 37.5. The first kappa shape index (κ1) is 96.3. The van der Waals surface area contributed by atoms with Crippen molar-refractivity contribution in [2.45, 2.75) is 349 Å². The molecule has 0 aromatic rings.